The topological polar surface area (TPSA) is 36.7 Å². The number of alkyl halides is 2. The molecule has 0 bridgehead atoms. The molecular formula is C10H10F2N2. The van der Waals surface area contributed by atoms with E-state index in [1.807, 2.05) is 6.07 Å². The maximum atomic E-state index is 13.2. The van der Waals surface area contributed by atoms with Gasteiger partial charge >= 0.3 is 0 Å². The molecule has 0 unspecified atom stereocenters. The summed E-state index contributed by atoms with van der Waals surface area (Å²) in [6.07, 6.45) is 0.902. The van der Waals surface area contributed by atoms with Gasteiger partial charge in [-0.2, -0.15) is 14.0 Å². The molecule has 0 atom stereocenters. The summed E-state index contributed by atoms with van der Waals surface area (Å²) < 4.78 is 26.3. The van der Waals surface area contributed by atoms with E-state index >= 15 is 0 Å². The van der Waals surface area contributed by atoms with Gasteiger partial charge in [0.05, 0.1) is 5.56 Å². The lowest BCUT2D eigenvalue weighted by atomic mass is 10.1. The van der Waals surface area contributed by atoms with Crippen LogP contribution in [0.1, 0.15) is 30.2 Å². The van der Waals surface area contributed by atoms with Gasteiger partial charge in [0.2, 0.25) is 0 Å². The van der Waals surface area contributed by atoms with E-state index in [1.165, 1.54) is 19.2 Å². The Kier molecular flexibility index (Phi) is 2.80. The van der Waals surface area contributed by atoms with Crippen LogP contribution < -0.4 is 0 Å². The first-order chi connectivity index (χ1) is 6.51. The molecule has 0 aliphatic rings. The van der Waals surface area contributed by atoms with E-state index < -0.39 is 5.92 Å². The van der Waals surface area contributed by atoms with Crippen molar-refractivity contribution >= 4 is 0 Å². The average Bonchev–Trinajstić information content (AvgIpc) is 2.17. The van der Waals surface area contributed by atoms with Crippen molar-refractivity contribution in [1.29, 1.82) is 5.26 Å². The van der Waals surface area contributed by atoms with Crippen molar-refractivity contribution in [3.63, 3.8) is 0 Å². The minimum absolute atomic E-state index is 0.267. The van der Waals surface area contributed by atoms with E-state index in [4.69, 9.17) is 5.26 Å². The summed E-state index contributed by atoms with van der Waals surface area (Å²) in [5.41, 5.74) is 0.600. The van der Waals surface area contributed by atoms with Crippen LogP contribution in [0.3, 0.4) is 0 Å². The molecule has 0 fully saturated rings. The SMILES string of the molecule is CCC(F)(F)c1cc(C)c(C#N)cn1. The lowest BCUT2D eigenvalue weighted by Gasteiger charge is -2.13. The standard InChI is InChI=1S/C10H10F2N2/c1-3-10(11,12)9-4-7(2)8(5-13)6-14-9/h4,6H,3H2,1-2H3. The van der Waals surface area contributed by atoms with E-state index in [9.17, 15) is 8.78 Å². The number of nitriles is 1. The third-order valence-corrected chi connectivity index (χ3v) is 2.05. The Balaban J connectivity index is 3.17. The Hall–Kier alpha value is -1.50. The van der Waals surface area contributed by atoms with Crippen LogP contribution >= 0.6 is 0 Å². The fourth-order valence-corrected chi connectivity index (χ4v) is 1.05. The van der Waals surface area contributed by atoms with E-state index in [2.05, 4.69) is 4.98 Å². The highest BCUT2D eigenvalue weighted by Gasteiger charge is 2.30. The minimum atomic E-state index is -2.90. The lowest BCUT2D eigenvalue weighted by Crippen LogP contribution is -2.14. The van der Waals surface area contributed by atoms with Gasteiger partial charge in [-0.15, -0.1) is 0 Å². The summed E-state index contributed by atoms with van der Waals surface area (Å²) in [5, 5.41) is 8.59. The first-order valence-corrected chi connectivity index (χ1v) is 4.26. The van der Waals surface area contributed by atoms with Crippen LogP contribution in [0.25, 0.3) is 0 Å². The van der Waals surface area contributed by atoms with Gasteiger partial charge in [-0.25, -0.2) is 0 Å². The van der Waals surface area contributed by atoms with E-state index in [-0.39, 0.29) is 12.1 Å². The maximum absolute atomic E-state index is 13.2. The van der Waals surface area contributed by atoms with Gasteiger partial charge in [-0.05, 0) is 18.6 Å². The van der Waals surface area contributed by atoms with Crippen molar-refractivity contribution in [2.45, 2.75) is 26.2 Å². The van der Waals surface area contributed by atoms with Gasteiger partial charge in [0.1, 0.15) is 11.8 Å². The summed E-state index contributed by atoms with van der Waals surface area (Å²) in [5.74, 6) is -2.90. The van der Waals surface area contributed by atoms with Crippen LogP contribution in [-0.4, -0.2) is 4.98 Å². The Morgan fingerprint density at radius 2 is 2.21 bits per heavy atom. The number of nitrogens with zero attached hydrogens (tertiary/aromatic N) is 2. The first kappa shape index (κ1) is 10.6. The molecule has 0 amide bonds. The number of aromatic nitrogens is 1. The lowest BCUT2D eigenvalue weighted by molar-refractivity contribution is -0.0128. The van der Waals surface area contributed by atoms with E-state index in [0.29, 0.717) is 11.1 Å². The molecule has 0 aromatic carbocycles. The molecule has 2 nitrogen and oxygen atoms in total. The number of aryl methyl sites for hydroxylation is 1. The van der Waals surface area contributed by atoms with Crippen LogP contribution in [0.4, 0.5) is 8.78 Å². The smallest absolute Gasteiger partial charge is 0.254 e. The number of hydrogen-bond acceptors (Lipinski definition) is 2. The van der Waals surface area contributed by atoms with Gasteiger partial charge in [0.15, 0.2) is 0 Å². The minimum Gasteiger partial charge on any atom is -0.254 e. The molecular weight excluding hydrogens is 186 g/mol. The second-order valence-corrected chi connectivity index (χ2v) is 3.05. The molecule has 0 aliphatic heterocycles. The van der Waals surface area contributed by atoms with Crippen LogP contribution in [-0.2, 0) is 5.92 Å². The molecule has 0 N–H and O–H groups in total. The Morgan fingerprint density at radius 3 is 2.64 bits per heavy atom. The van der Waals surface area contributed by atoms with Gasteiger partial charge in [0, 0.05) is 12.6 Å². The van der Waals surface area contributed by atoms with Crippen LogP contribution in [0.2, 0.25) is 0 Å². The Labute approximate surface area is 81.2 Å². The zero-order chi connectivity index (χ0) is 10.8. The zero-order valence-electron chi connectivity index (χ0n) is 8.01. The number of rotatable bonds is 2. The third kappa shape index (κ3) is 1.87. The maximum Gasteiger partial charge on any atom is 0.289 e. The summed E-state index contributed by atoms with van der Waals surface area (Å²) in [6, 6.07) is 3.15. The predicted molar refractivity (Wildman–Crippen MR) is 47.9 cm³/mol. The third-order valence-electron chi connectivity index (χ3n) is 2.05. The molecule has 74 valence electrons. The largest absolute Gasteiger partial charge is 0.289 e. The first-order valence-electron chi connectivity index (χ1n) is 4.26. The molecule has 1 heterocycles. The molecule has 1 aromatic heterocycles. The fraction of sp³-hybridized carbons (Fsp3) is 0.400. The van der Waals surface area contributed by atoms with Gasteiger partial charge in [0.25, 0.3) is 5.92 Å². The van der Waals surface area contributed by atoms with Gasteiger partial charge in [-0.3, -0.25) is 4.98 Å². The molecule has 0 radical (unpaired) electrons. The molecule has 14 heavy (non-hydrogen) atoms. The van der Waals surface area contributed by atoms with Crippen molar-refractivity contribution in [2.75, 3.05) is 0 Å². The molecule has 0 spiro atoms. The monoisotopic (exact) mass is 196 g/mol. The highest BCUT2D eigenvalue weighted by molar-refractivity contribution is 5.36. The van der Waals surface area contributed by atoms with Crippen LogP contribution in [0.15, 0.2) is 12.3 Å². The molecule has 1 aromatic rings. The molecule has 0 saturated carbocycles. The second kappa shape index (κ2) is 3.70. The van der Waals surface area contributed by atoms with Crippen LogP contribution in [0.5, 0.6) is 0 Å². The summed E-state index contributed by atoms with van der Waals surface area (Å²) in [4.78, 5) is 3.58. The highest BCUT2D eigenvalue weighted by Crippen LogP contribution is 2.30. The van der Waals surface area contributed by atoms with E-state index in [1.54, 1.807) is 6.92 Å². The normalized spacial score (nSPS) is 11.1. The van der Waals surface area contributed by atoms with Crippen molar-refractivity contribution in [3.8, 4) is 6.07 Å². The molecule has 0 aliphatic carbocycles. The summed E-state index contributed by atoms with van der Waals surface area (Å²) in [7, 11) is 0. The number of pyridine rings is 1. The van der Waals surface area contributed by atoms with Crippen molar-refractivity contribution in [3.05, 3.63) is 29.1 Å². The molecule has 0 saturated heterocycles. The quantitative estimate of drug-likeness (QED) is 0.729. The fourth-order valence-electron chi connectivity index (χ4n) is 1.05. The molecule has 1 rings (SSSR count). The number of halogens is 2. The Bertz CT molecular complexity index is 380. The van der Waals surface area contributed by atoms with Crippen molar-refractivity contribution in [2.24, 2.45) is 0 Å². The number of hydrogen-bond donors (Lipinski definition) is 0. The van der Waals surface area contributed by atoms with Gasteiger partial charge in [-0.1, -0.05) is 6.92 Å². The Morgan fingerprint density at radius 1 is 1.57 bits per heavy atom. The summed E-state index contributed by atoms with van der Waals surface area (Å²) in [6.45, 7) is 3.02. The second-order valence-electron chi connectivity index (χ2n) is 3.05. The highest BCUT2D eigenvalue weighted by atomic mass is 19.3. The van der Waals surface area contributed by atoms with Crippen molar-refractivity contribution < 1.29 is 8.78 Å². The van der Waals surface area contributed by atoms with Gasteiger partial charge < -0.3 is 0 Å². The average molecular weight is 196 g/mol. The predicted octanol–water partition coefficient (Wildman–Crippen LogP) is 2.76. The van der Waals surface area contributed by atoms with Crippen LogP contribution in [0, 0.1) is 18.3 Å². The molecule has 4 heteroatoms. The van der Waals surface area contributed by atoms with Crippen molar-refractivity contribution in [1.82, 2.24) is 4.98 Å². The summed E-state index contributed by atoms with van der Waals surface area (Å²) >= 11 is 0. The van der Waals surface area contributed by atoms with E-state index in [0.717, 1.165) is 0 Å². The zero-order valence-corrected chi connectivity index (χ0v) is 8.01.